The van der Waals surface area contributed by atoms with Crippen LogP contribution in [-0.2, 0) is 12.8 Å². The molecule has 0 radical (unpaired) electrons. The molecular weight excluding hydrogens is 211 g/mol. The second kappa shape index (κ2) is 4.33. The summed E-state index contributed by atoms with van der Waals surface area (Å²) < 4.78 is 13.4. The van der Waals surface area contributed by atoms with Gasteiger partial charge in [0.15, 0.2) is 0 Å². The Morgan fingerprint density at radius 3 is 2.53 bits per heavy atom. The van der Waals surface area contributed by atoms with Crippen LogP contribution in [0.4, 0.5) is 4.39 Å². The molecule has 0 N–H and O–H groups in total. The van der Waals surface area contributed by atoms with Crippen molar-refractivity contribution < 1.29 is 4.39 Å². The lowest BCUT2D eigenvalue weighted by atomic mass is 9.88. The van der Waals surface area contributed by atoms with Crippen molar-refractivity contribution in [2.24, 2.45) is 0 Å². The quantitative estimate of drug-likeness (QED) is 0.684. The first kappa shape index (κ1) is 10.5. The molecule has 86 valence electrons. The summed E-state index contributed by atoms with van der Waals surface area (Å²) in [5, 5.41) is 0. The molecule has 3 rings (SSSR count). The lowest BCUT2D eigenvalue weighted by Crippen LogP contribution is -2.14. The van der Waals surface area contributed by atoms with E-state index in [4.69, 9.17) is 0 Å². The van der Waals surface area contributed by atoms with Crippen molar-refractivity contribution >= 4 is 0 Å². The van der Waals surface area contributed by atoms with Gasteiger partial charge < -0.3 is 0 Å². The highest BCUT2D eigenvalue weighted by atomic mass is 19.1. The summed E-state index contributed by atoms with van der Waals surface area (Å²) in [6.45, 7) is 0. The molecule has 0 spiro atoms. The van der Waals surface area contributed by atoms with Crippen molar-refractivity contribution in [3.8, 4) is 11.1 Å². The van der Waals surface area contributed by atoms with Gasteiger partial charge in [0.05, 0.1) is 0 Å². The number of benzene rings is 2. The van der Waals surface area contributed by atoms with Crippen molar-refractivity contribution in [3.63, 3.8) is 0 Å². The largest absolute Gasteiger partial charge is 0.247 e. The Balaban J connectivity index is 2.01. The molecule has 1 aliphatic rings. The third-order valence-electron chi connectivity index (χ3n) is 3.48. The van der Waals surface area contributed by atoms with Crippen molar-refractivity contribution in [1.82, 2.24) is 0 Å². The number of aryl methyl sites for hydroxylation is 1. The fourth-order valence-corrected chi connectivity index (χ4v) is 2.52. The van der Waals surface area contributed by atoms with E-state index >= 15 is 0 Å². The average Bonchev–Trinajstić information content (AvgIpc) is 2.39. The highest BCUT2D eigenvalue weighted by Crippen LogP contribution is 2.28. The molecule has 1 heteroatoms. The van der Waals surface area contributed by atoms with E-state index in [0.29, 0.717) is 12.8 Å². The normalized spacial score (nSPS) is 18.8. The minimum Gasteiger partial charge on any atom is -0.247 e. The van der Waals surface area contributed by atoms with E-state index in [1.54, 1.807) is 0 Å². The van der Waals surface area contributed by atoms with Crippen LogP contribution in [0.25, 0.3) is 11.1 Å². The van der Waals surface area contributed by atoms with Crippen molar-refractivity contribution in [2.75, 3.05) is 0 Å². The second-order valence-corrected chi connectivity index (χ2v) is 4.69. The Morgan fingerprint density at radius 1 is 0.882 bits per heavy atom. The van der Waals surface area contributed by atoms with Crippen LogP contribution in [0.2, 0.25) is 0 Å². The maximum absolute atomic E-state index is 13.4. The molecule has 1 atom stereocenters. The summed E-state index contributed by atoms with van der Waals surface area (Å²) in [6.07, 6.45) is 1.48. The molecule has 0 saturated carbocycles. The van der Waals surface area contributed by atoms with Crippen molar-refractivity contribution in [3.05, 3.63) is 59.7 Å². The Morgan fingerprint density at radius 2 is 1.71 bits per heavy atom. The number of hydrogen-bond donors (Lipinski definition) is 0. The van der Waals surface area contributed by atoms with Gasteiger partial charge in [-0.3, -0.25) is 0 Å². The predicted octanol–water partition coefficient (Wildman–Crippen LogP) is 4.18. The minimum atomic E-state index is -0.659. The summed E-state index contributed by atoms with van der Waals surface area (Å²) in [5.41, 5.74) is 4.90. The summed E-state index contributed by atoms with van der Waals surface area (Å²) in [7, 11) is 0. The van der Waals surface area contributed by atoms with Crippen LogP contribution in [0.3, 0.4) is 0 Å². The fraction of sp³-hybridized carbons (Fsp3) is 0.250. The minimum absolute atomic E-state index is 0.579. The molecule has 0 saturated heterocycles. The van der Waals surface area contributed by atoms with Crippen molar-refractivity contribution in [1.29, 1.82) is 0 Å². The zero-order valence-electron chi connectivity index (χ0n) is 9.70. The smallest absolute Gasteiger partial charge is 0.104 e. The van der Waals surface area contributed by atoms with Gasteiger partial charge in [-0.05, 0) is 35.1 Å². The Hall–Kier alpha value is -1.63. The van der Waals surface area contributed by atoms with Crippen LogP contribution in [0.15, 0.2) is 48.5 Å². The molecule has 1 unspecified atom stereocenters. The van der Waals surface area contributed by atoms with E-state index < -0.39 is 6.17 Å². The first-order valence-corrected chi connectivity index (χ1v) is 6.14. The number of hydrogen-bond acceptors (Lipinski definition) is 0. The van der Waals surface area contributed by atoms with E-state index in [1.165, 1.54) is 22.3 Å². The van der Waals surface area contributed by atoms with Gasteiger partial charge in [-0.1, -0.05) is 48.5 Å². The van der Waals surface area contributed by atoms with Crippen LogP contribution < -0.4 is 0 Å². The molecule has 0 aliphatic heterocycles. The maximum Gasteiger partial charge on any atom is 0.104 e. The standard InChI is InChI=1S/C16H15F/c17-16-9-8-13-6-7-14(10-15(13)11-16)12-4-2-1-3-5-12/h1-7,10,16H,8-9,11H2. The lowest BCUT2D eigenvalue weighted by Gasteiger charge is -2.19. The van der Waals surface area contributed by atoms with E-state index in [1.807, 2.05) is 18.2 Å². The number of halogens is 1. The zero-order chi connectivity index (χ0) is 11.7. The molecule has 0 fully saturated rings. The first-order chi connectivity index (χ1) is 8.33. The third-order valence-corrected chi connectivity index (χ3v) is 3.48. The first-order valence-electron chi connectivity index (χ1n) is 6.14. The molecule has 0 amide bonds. The van der Waals surface area contributed by atoms with E-state index in [2.05, 4.69) is 30.3 Å². The summed E-state index contributed by atoms with van der Waals surface area (Å²) in [5.74, 6) is 0. The topological polar surface area (TPSA) is 0 Å². The molecule has 0 aromatic heterocycles. The molecule has 0 bridgehead atoms. The summed E-state index contributed by atoms with van der Waals surface area (Å²) in [4.78, 5) is 0. The van der Waals surface area contributed by atoms with Gasteiger partial charge in [0, 0.05) is 6.42 Å². The van der Waals surface area contributed by atoms with Gasteiger partial charge in [0.25, 0.3) is 0 Å². The van der Waals surface area contributed by atoms with Gasteiger partial charge in [-0.15, -0.1) is 0 Å². The molecule has 0 heterocycles. The van der Waals surface area contributed by atoms with Crippen molar-refractivity contribution in [2.45, 2.75) is 25.4 Å². The van der Waals surface area contributed by atoms with Gasteiger partial charge in [-0.25, -0.2) is 4.39 Å². The SMILES string of the molecule is FC1CCc2ccc(-c3ccccc3)cc2C1. The number of rotatable bonds is 1. The molecule has 0 nitrogen and oxygen atoms in total. The molecular formula is C16H15F. The van der Waals surface area contributed by atoms with Gasteiger partial charge in [-0.2, -0.15) is 0 Å². The Bertz CT molecular complexity index is 516. The van der Waals surface area contributed by atoms with Gasteiger partial charge in [0.2, 0.25) is 0 Å². The molecule has 2 aromatic carbocycles. The molecule has 17 heavy (non-hydrogen) atoms. The highest BCUT2D eigenvalue weighted by Gasteiger charge is 2.17. The summed E-state index contributed by atoms with van der Waals surface area (Å²) in [6, 6.07) is 16.7. The summed E-state index contributed by atoms with van der Waals surface area (Å²) >= 11 is 0. The van der Waals surface area contributed by atoms with Crippen LogP contribution in [0.5, 0.6) is 0 Å². The van der Waals surface area contributed by atoms with E-state index in [9.17, 15) is 4.39 Å². The third kappa shape index (κ3) is 2.10. The van der Waals surface area contributed by atoms with Crippen LogP contribution in [0, 0.1) is 0 Å². The monoisotopic (exact) mass is 226 g/mol. The van der Waals surface area contributed by atoms with E-state index in [-0.39, 0.29) is 0 Å². The lowest BCUT2D eigenvalue weighted by molar-refractivity contribution is 0.301. The highest BCUT2D eigenvalue weighted by molar-refractivity contribution is 5.65. The predicted molar refractivity (Wildman–Crippen MR) is 68.8 cm³/mol. The van der Waals surface area contributed by atoms with Crippen LogP contribution in [0.1, 0.15) is 17.5 Å². The van der Waals surface area contributed by atoms with Crippen LogP contribution in [-0.4, -0.2) is 6.17 Å². The second-order valence-electron chi connectivity index (χ2n) is 4.69. The Labute approximate surface area is 101 Å². The average molecular weight is 226 g/mol. The number of fused-ring (bicyclic) bond motifs is 1. The van der Waals surface area contributed by atoms with E-state index in [0.717, 1.165) is 6.42 Å². The fourth-order valence-electron chi connectivity index (χ4n) is 2.52. The molecule has 1 aliphatic carbocycles. The maximum atomic E-state index is 13.4. The van der Waals surface area contributed by atoms with Crippen LogP contribution >= 0.6 is 0 Å². The Kier molecular flexibility index (Phi) is 2.68. The zero-order valence-corrected chi connectivity index (χ0v) is 9.70. The van der Waals surface area contributed by atoms with Gasteiger partial charge in [0.1, 0.15) is 6.17 Å². The molecule has 2 aromatic rings. The van der Waals surface area contributed by atoms with Gasteiger partial charge >= 0.3 is 0 Å². The number of alkyl halides is 1.